The van der Waals surface area contributed by atoms with Gasteiger partial charge in [-0.2, -0.15) is 13.2 Å². The first-order valence-electron chi connectivity index (χ1n) is 5.78. The molecule has 3 N–H and O–H groups in total. The lowest BCUT2D eigenvalue weighted by Crippen LogP contribution is -2.04. The highest BCUT2D eigenvalue weighted by molar-refractivity contribution is 7.19. The molecule has 0 bridgehead atoms. The second-order valence-corrected chi connectivity index (χ2v) is 5.56. The van der Waals surface area contributed by atoms with Gasteiger partial charge >= 0.3 is 6.18 Å². The zero-order valence-corrected chi connectivity index (χ0v) is 11.2. The van der Waals surface area contributed by atoms with Crippen LogP contribution in [0.5, 0.6) is 0 Å². The number of nitrogens with two attached hydrogens (primary N) is 1. The number of hydrogen-bond acceptors (Lipinski definition) is 3. The molecular weight excluding hydrogens is 287 g/mol. The van der Waals surface area contributed by atoms with Crippen molar-refractivity contribution in [1.82, 2.24) is 9.97 Å². The van der Waals surface area contributed by atoms with Gasteiger partial charge in [0, 0.05) is 0 Å². The molecule has 0 saturated heterocycles. The van der Waals surface area contributed by atoms with Crippen LogP contribution in [0, 0.1) is 6.92 Å². The van der Waals surface area contributed by atoms with Gasteiger partial charge in [0.15, 0.2) is 0 Å². The van der Waals surface area contributed by atoms with Crippen LogP contribution in [-0.4, -0.2) is 9.97 Å². The summed E-state index contributed by atoms with van der Waals surface area (Å²) in [5.41, 5.74) is 6.84. The Morgan fingerprint density at radius 1 is 1.25 bits per heavy atom. The van der Waals surface area contributed by atoms with E-state index < -0.39 is 11.7 Å². The Bertz CT molecular complexity index is 786. The SMILES string of the molecule is Cc1cc(N)sc1-c1nc2ccc(C(F)(F)F)cc2[nH]1. The van der Waals surface area contributed by atoms with E-state index in [0.717, 1.165) is 22.6 Å². The minimum absolute atomic E-state index is 0.362. The summed E-state index contributed by atoms with van der Waals surface area (Å²) < 4.78 is 38.0. The number of halogens is 3. The number of aromatic nitrogens is 2. The summed E-state index contributed by atoms with van der Waals surface area (Å²) >= 11 is 1.35. The number of nitrogen functional groups attached to an aromatic ring is 1. The minimum Gasteiger partial charge on any atom is -0.391 e. The Kier molecular flexibility index (Phi) is 2.75. The van der Waals surface area contributed by atoms with E-state index in [9.17, 15) is 13.2 Å². The highest BCUT2D eigenvalue weighted by Gasteiger charge is 2.30. The molecule has 0 spiro atoms. The first-order chi connectivity index (χ1) is 9.34. The summed E-state index contributed by atoms with van der Waals surface area (Å²) in [6, 6.07) is 5.28. The third kappa shape index (κ3) is 2.14. The second kappa shape index (κ2) is 4.24. The van der Waals surface area contributed by atoms with Crippen molar-refractivity contribution >= 4 is 27.4 Å². The zero-order valence-electron chi connectivity index (χ0n) is 10.4. The maximum atomic E-state index is 12.7. The van der Waals surface area contributed by atoms with Gasteiger partial charge in [-0.25, -0.2) is 4.98 Å². The molecule has 3 aromatic rings. The van der Waals surface area contributed by atoms with Gasteiger partial charge in [-0.15, -0.1) is 11.3 Å². The number of anilines is 1. The van der Waals surface area contributed by atoms with Crippen LogP contribution in [0.3, 0.4) is 0 Å². The molecule has 104 valence electrons. The van der Waals surface area contributed by atoms with Crippen LogP contribution >= 0.6 is 11.3 Å². The van der Waals surface area contributed by atoms with Crippen molar-refractivity contribution in [2.24, 2.45) is 0 Å². The third-order valence-corrected chi connectivity index (χ3v) is 4.03. The molecule has 0 fully saturated rings. The molecule has 7 heteroatoms. The van der Waals surface area contributed by atoms with E-state index in [0.29, 0.717) is 21.9 Å². The molecule has 3 nitrogen and oxygen atoms in total. The Balaban J connectivity index is 2.14. The van der Waals surface area contributed by atoms with E-state index in [4.69, 9.17) is 5.73 Å². The van der Waals surface area contributed by atoms with Gasteiger partial charge in [-0.1, -0.05) is 0 Å². The Morgan fingerprint density at radius 3 is 2.60 bits per heavy atom. The molecule has 0 atom stereocenters. The zero-order chi connectivity index (χ0) is 14.5. The van der Waals surface area contributed by atoms with Crippen LogP contribution in [0.25, 0.3) is 21.7 Å². The summed E-state index contributed by atoms with van der Waals surface area (Å²) in [6.45, 7) is 1.89. The lowest BCUT2D eigenvalue weighted by atomic mass is 10.2. The Hall–Kier alpha value is -2.02. The Labute approximate surface area is 116 Å². The number of alkyl halides is 3. The predicted octanol–water partition coefficient (Wildman–Crippen LogP) is 4.20. The van der Waals surface area contributed by atoms with Gasteiger partial charge in [0.25, 0.3) is 0 Å². The molecule has 2 aromatic heterocycles. The fourth-order valence-electron chi connectivity index (χ4n) is 2.04. The number of aryl methyl sites for hydroxylation is 1. The van der Waals surface area contributed by atoms with Crippen molar-refractivity contribution < 1.29 is 13.2 Å². The van der Waals surface area contributed by atoms with Gasteiger partial charge in [-0.05, 0) is 36.8 Å². The number of benzene rings is 1. The summed E-state index contributed by atoms with van der Waals surface area (Å²) in [5.74, 6) is 0.540. The van der Waals surface area contributed by atoms with Gasteiger partial charge < -0.3 is 10.7 Å². The van der Waals surface area contributed by atoms with E-state index in [2.05, 4.69) is 9.97 Å². The van der Waals surface area contributed by atoms with Crippen LogP contribution in [0.15, 0.2) is 24.3 Å². The molecule has 0 amide bonds. The van der Waals surface area contributed by atoms with E-state index in [1.807, 2.05) is 13.0 Å². The monoisotopic (exact) mass is 297 g/mol. The fourth-order valence-corrected chi connectivity index (χ4v) is 2.92. The standard InChI is InChI=1S/C13H10F3N3S/c1-6-4-10(17)20-11(6)12-18-8-3-2-7(13(14,15)16)5-9(8)19-12/h2-5H,17H2,1H3,(H,18,19). The van der Waals surface area contributed by atoms with Crippen molar-refractivity contribution in [3.63, 3.8) is 0 Å². The first kappa shape index (κ1) is 13.0. The highest BCUT2D eigenvalue weighted by Crippen LogP contribution is 2.35. The number of rotatable bonds is 1. The highest BCUT2D eigenvalue weighted by atomic mass is 32.1. The smallest absolute Gasteiger partial charge is 0.391 e. The number of aromatic amines is 1. The molecule has 1 aromatic carbocycles. The number of thiophene rings is 1. The number of hydrogen-bond donors (Lipinski definition) is 2. The maximum Gasteiger partial charge on any atom is 0.416 e. The van der Waals surface area contributed by atoms with Gasteiger partial charge in [0.1, 0.15) is 5.82 Å². The average Bonchev–Trinajstić information content (AvgIpc) is 2.89. The lowest BCUT2D eigenvalue weighted by molar-refractivity contribution is -0.137. The van der Waals surface area contributed by atoms with Crippen LogP contribution in [0.1, 0.15) is 11.1 Å². The quantitative estimate of drug-likeness (QED) is 0.707. The largest absolute Gasteiger partial charge is 0.416 e. The van der Waals surface area contributed by atoms with E-state index >= 15 is 0 Å². The van der Waals surface area contributed by atoms with E-state index in [1.54, 1.807) is 0 Å². The summed E-state index contributed by atoms with van der Waals surface area (Å²) in [7, 11) is 0. The second-order valence-electron chi connectivity index (χ2n) is 4.48. The third-order valence-electron chi connectivity index (χ3n) is 2.96. The van der Waals surface area contributed by atoms with E-state index in [-0.39, 0.29) is 0 Å². The normalized spacial score (nSPS) is 12.2. The molecule has 0 unspecified atom stereocenters. The van der Waals surface area contributed by atoms with Crippen molar-refractivity contribution in [3.8, 4) is 10.7 Å². The van der Waals surface area contributed by atoms with Crippen molar-refractivity contribution in [2.45, 2.75) is 13.1 Å². The van der Waals surface area contributed by atoms with Gasteiger partial charge in [0.05, 0.1) is 26.5 Å². The van der Waals surface area contributed by atoms with Crippen molar-refractivity contribution in [3.05, 3.63) is 35.4 Å². The number of fused-ring (bicyclic) bond motifs is 1. The number of nitrogens with one attached hydrogen (secondary N) is 1. The Morgan fingerprint density at radius 2 is 2.00 bits per heavy atom. The summed E-state index contributed by atoms with van der Waals surface area (Å²) in [6.07, 6.45) is -4.36. The topological polar surface area (TPSA) is 54.7 Å². The molecule has 0 aliphatic heterocycles. The molecule has 0 aliphatic carbocycles. The molecule has 0 saturated carbocycles. The lowest BCUT2D eigenvalue weighted by Gasteiger charge is -2.05. The number of H-pyrrole nitrogens is 1. The molecule has 0 aliphatic rings. The minimum atomic E-state index is -4.36. The van der Waals surface area contributed by atoms with Crippen molar-refractivity contribution in [2.75, 3.05) is 5.73 Å². The fraction of sp³-hybridized carbons (Fsp3) is 0.154. The number of imidazole rings is 1. The van der Waals surface area contributed by atoms with Crippen LogP contribution in [0.4, 0.5) is 18.2 Å². The van der Waals surface area contributed by atoms with Crippen LogP contribution < -0.4 is 5.73 Å². The van der Waals surface area contributed by atoms with Crippen LogP contribution in [0.2, 0.25) is 0 Å². The molecule has 0 radical (unpaired) electrons. The summed E-state index contributed by atoms with van der Waals surface area (Å²) in [4.78, 5) is 8.07. The molecular formula is C13H10F3N3S. The molecule has 2 heterocycles. The maximum absolute atomic E-state index is 12.7. The molecule has 20 heavy (non-hydrogen) atoms. The van der Waals surface area contributed by atoms with Gasteiger partial charge in [-0.3, -0.25) is 0 Å². The van der Waals surface area contributed by atoms with E-state index in [1.165, 1.54) is 17.4 Å². The summed E-state index contributed by atoms with van der Waals surface area (Å²) in [5, 5.41) is 0.647. The number of nitrogens with zero attached hydrogens (tertiary/aromatic N) is 1. The van der Waals surface area contributed by atoms with Gasteiger partial charge in [0.2, 0.25) is 0 Å². The predicted molar refractivity (Wildman–Crippen MR) is 73.6 cm³/mol. The van der Waals surface area contributed by atoms with Crippen molar-refractivity contribution in [1.29, 1.82) is 0 Å². The molecule has 3 rings (SSSR count). The first-order valence-corrected chi connectivity index (χ1v) is 6.59. The van der Waals surface area contributed by atoms with Crippen LogP contribution in [-0.2, 0) is 6.18 Å². The average molecular weight is 297 g/mol.